The largest absolute Gasteiger partial charge is 0.395 e. The van der Waals surface area contributed by atoms with Crippen LogP contribution in [0, 0.1) is 0 Å². The highest BCUT2D eigenvalue weighted by Gasteiger charge is 2.22. The van der Waals surface area contributed by atoms with Crippen LogP contribution in [0.25, 0.3) is 0 Å². The van der Waals surface area contributed by atoms with E-state index >= 15 is 0 Å². The molecule has 0 aromatic heterocycles. The number of likely N-dealkylation sites (tertiary alicyclic amines) is 1. The first kappa shape index (κ1) is 12.9. The van der Waals surface area contributed by atoms with Crippen molar-refractivity contribution < 1.29 is 13.5 Å². The van der Waals surface area contributed by atoms with E-state index in [2.05, 4.69) is 16.5 Å². The molecule has 90 valence electrons. The SMILES string of the molecule is CCN1CCCC(NS(=O)(=O)CCO)C1. The second kappa shape index (κ2) is 5.79. The van der Waals surface area contributed by atoms with Crippen molar-refractivity contribution in [2.24, 2.45) is 0 Å². The Morgan fingerprint density at radius 2 is 2.27 bits per heavy atom. The minimum atomic E-state index is -3.29. The van der Waals surface area contributed by atoms with Gasteiger partial charge in [-0.25, -0.2) is 13.1 Å². The summed E-state index contributed by atoms with van der Waals surface area (Å²) >= 11 is 0. The maximum Gasteiger partial charge on any atom is 0.214 e. The Bertz CT molecular complexity index is 279. The summed E-state index contributed by atoms with van der Waals surface area (Å²) < 4.78 is 25.4. The molecule has 1 saturated heterocycles. The van der Waals surface area contributed by atoms with E-state index in [4.69, 9.17) is 5.11 Å². The van der Waals surface area contributed by atoms with Crippen molar-refractivity contribution in [3.8, 4) is 0 Å². The van der Waals surface area contributed by atoms with E-state index in [1.165, 1.54) is 0 Å². The Morgan fingerprint density at radius 1 is 1.53 bits per heavy atom. The van der Waals surface area contributed by atoms with Crippen molar-refractivity contribution in [2.75, 3.05) is 32.0 Å². The number of aliphatic hydroxyl groups excluding tert-OH is 1. The summed E-state index contributed by atoms with van der Waals surface area (Å²) in [5.74, 6) is -0.199. The summed E-state index contributed by atoms with van der Waals surface area (Å²) in [4.78, 5) is 2.23. The van der Waals surface area contributed by atoms with E-state index in [0.717, 1.165) is 32.5 Å². The van der Waals surface area contributed by atoms with Gasteiger partial charge in [-0.1, -0.05) is 6.92 Å². The number of aliphatic hydroxyl groups is 1. The summed E-state index contributed by atoms with van der Waals surface area (Å²) in [5.41, 5.74) is 0. The fraction of sp³-hybridized carbons (Fsp3) is 1.00. The summed E-state index contributed by atoms with van der Waals surface area (Å²) in [6, 6.07) is 0.00949. The number of rotatable bonds is 5. The second-order valence-corrected chi connectivity index (χ2v) is 5.77. The van der Waals surface area contributed by atoms with Crippen molar-refractivity contribution in [2.45, 2.75) is 25.8 Å². The van der Waals surface area contributed by atoms with Crippen LogP contribution in [0.1, 0.15) is 19.8 Å². The standard InChI is InChI=1S/C9H20N2O3S/c1-2-11-5-3-4-9(8-11)10-15(13,14)7-6-12/h9-10,12H,2-8H2,1H3. The fourth-order valence-electron chi connectivity index (χ4n) is 1.87. The van der Waals surface area contributed by atoms with Gasteiger partial charge in [0.05, 0.1) is 12.4 Å². The molecule has 6 heteroatoms. The lowest BCUT2D eigenvalue weighted by Crippen LogP contribution is -2.48. The molecule has 0 amide bonds. The van der Waals surface area contributed by atoms with E-state index in [1.807, 2.05) is 0 Å². The second-order valence-electron chi connectivity index (χ2n) is 3.89. The molecule has 1 aliphatic heterocycles. The highest BCUT2D eigenvalue weighted by molar-refractivity contribution is 7.89. The Balaban J connectivity index is 2.44. The summed E-state index contributed by atoms with van der Waals surface area (Å²) in [5, 5.41) is 8.60. The van der Waals surface area contributed by atoms with Crippen LogP contribution >= 0.6 is 0 Å². The van der Waals surface area contributed by atoms with Crippen molar-refractivity contribution in [3.63, 3.8) is 0 Å². The first-order valence-electron chi connectivity index (χ1n) is 5.40. The van der Waals surface area contributed by atoms with Crippen LogP contribution in [0.5, 0.6) is 0 Å². The first-order valence-corrected chi connectivity index (χ1v) is 7.06. The molecule has 0 saturated carbocycles. The zero-order valence-corrected chi connectivity index (χ0v) is 9.96. The molecule has 1 rings (SSSR count). The molecule has 1 heterocycles. The Hall–Kier alpha value is -0.170. The van der Waals surface area contributed by atoms with Gasteiger partial charge in [-0.3, -0.25) is 0 Å². The molecule has 1 fully saturated rings. The van der Waals surface area contributed by atoms with Gasteiger partial charge in [0.25, 0.3) is 0 Å². The number of nitrogens with one attached hydrogen (secondary N) is 1. The van der Waals surface area contributed by atoms with E-state index in [-0.39, 0.29) is 18.4 Å². The van der Waals surface area contributed by atoms with E-state index in [1.54, 1.807) is 0 Å². The monoisotopic (exact) mass is 236 g/mol. The number of likely N-dealkylation sites (N-methyl/N-ethyl adjacent to an activating group) is 1. The average molecular weight is 236 g/mol. The number of nitrogens with zero attached hydrogens (tertiary/aromatic N) is 1. The maximum atomic E-state index is 11.4. The van der Waals surface area contributed by atoms with Crippen LogP contribution in [-0.2, 0) is 10.0 Å². The van der Waals surface area contributed by atoms with E-state index < -0.39 is 10.0 Å². The van der Waals surface area contributed by atoms with Gasteiger partial charge in [0.1, 0.15) is 0 Å². The summed E-state index contributed by atoms with van der Waals surface area (Å²) in [6.45, 7) is 4.54. The first-order chi connectivity index (χ1) is 7.07. The number of piperidine rings is 1. The lowest BCUT2D eigenvalue weighted by molar-refractivity contribution is 0.211. The zero-order valence-electron chi connectivity index (χ0n) is 9.15. The molecule has 0 radical (unpaired) electrons. The molecule has 0 aliphatic carbocycles. The smallest absolute Gasteiger partial charge is 0.214 e. The van der Waals surface area contributed by atoms with Crippen molar-refractivity contribution in [1.29, 1.82) is 0 Å². The molecule has 1 atom stereocenters. The number of sulfonamides is 1. The molecule has 0 aromatic rings. The maximum absolute atomic E-state index is 11.4. The molecule has 1 unspecified atom stereocenters. The molecular formula is C9H20N2O3S. The minimum absolute atomic E-state index is 0.00949. The molecule has 15 heavy (non-hydrogen) atoms. The van der Waals surface area contributed by atoms with Crippen LogP contribution < -0.4 is 4.72 Å². The molecule has 2 N–H and O–H groups in total. The van der Waals surface area contributed by atoms with Gasteiger partial charge in [0.15, 0.2) is 0 Å². The molecular weight excluding hydrogens is 216 g/mol. The van der Waals surface area contributed by atoms with Gasteiger partial charge in [-0.15, -0.1) is 0 Å². The van der Waals surface area contributed by atoms with Gasteiger partial charge in [0.2, 0.25) is 10.0 Å². The predicted molar refractivity (Wildman–Crippen MR) is 59.1 cm³/mol. The Kier molecular flexibility index (Phi) is 4.98. The third-order valence-corrected chi connectivity index (χ3v) is 4.07. The molecule has 5 nitrogen and oxygen atoms in total. The van der Waals surface area contributed by atoms with Crippen LogP contribution in [-0.4, -0.2) is 56.5 Å². The van der Waals surface area contributed by atoms with Crippen LogP contribution in [0.2, 0.25) is 0 Å². The van der Waals surface area contributed by atoms with E-state index in [0.29, 0.717) is 0 Å². The Labute approximate surface area is 91.5 Å². The van der Waals surface area contributed by atoms with Gasteiger partial charge in [0, 0.05) is 12.6 Å². The van der Waals surface area contributed by atoms with Gasteiger partial charge < -0.3 is 10.0 Å². The summed E-state index contributed by atoms with van der Waals surface area (Å²) in [6.07, 6.45) is 1.92. The number of hydrogen-bond acceptors (Lipinski definition) is 4. The molecule has 0 spiro atoms. The third-order valence-electron chi connectivity index (χ3n) is 2.66. The summed E-state index contributed by atoms with van der Waals surface area (Å²) in [7, 11) is -3.29. The molecule has 0 aromatic carbocycles. The van der Waals surface area contributed by atoms with Crippen molar-refractivity contribution in [3.05, 3.63) is 0 Å². The quantitative estimate of drug-likeness (QED) is 0.667. The van der Waals surface area contributed by atoms with Crippen molar-refractivity contribution in [1.82, 2.24) is 9.62 Å². The number of hydrogen-bond donors (Lipinski definition) is 2. The third kappa shape index (κ3) is 4.46. The minimum Gasteiger partial charge on any atom is -0.395 e. The lowest BCUT2D eigenvalue weighted by Gasteiger charge is -2.31. The van der Waals surface area contributed by atoms with Gasteiger partial charge in [-0.05, 0) is 25.9 Å². The topological polar surface area (TPSA) is 69.6 Å². The highest BCUT2D eigenvalue weighted by Crippen LogP contribution is 2.10. The van der Waals surface area contributed by atoms with Crippen LogP contribution in [0.15, 0.2) is 0 Å². The molecule has 0 bridgehead atoms. The Morgan fingerprint density at radius 3 is 2.87 bits per heavy atom. The van der Waals surface area contributed by atoms with Crippen LogP contribution in [0.4, 0.5) is 0 Å². The average Bonchev–Trinajstić information content (AvgIpc) is 2.17. The normalized spacial score (nSPS) is 24.3. The van der Waals surface area contributed by atoms with Crippen LogP contribution in [0.3, 0.4) is 0 Å². The lowest BCUT2D eigenvalue weighted by atomic mass is 10.1. The zero-order chi connectivity index (χ0) is 11.3. The van der Waals surface area contributed by atoms with Gasteiger partial charge in [-0.2, -0.15) is 0 Å². The van der Waals surface area contributed by atoms with E-state index in [9.17, 15) is 8.42 Å². The molecule has 1 aliphatic rings. The fourth-order valence-corrected chi connectivity index (χ4v) is 2.93. The van der Waals surface area contributed by atoms with Crippen molar-refractivity contribution >= 4 is 10.0 Å². The predicted octanol–water partition coefficient (Wildman–Crippen LogP) is -0.618. The highest BCUT2D eigenvalue weighted by atomic mass is 32.2. The van der Waals surface area contributed by atoms with Gasteiger partial charge >= 0.3 is 0 Å².